The molecule has 14 nitrogen and oxygen atoms in total. The number of aryl methyl sites for hydroxylation is 4. The maximum absolute atomic E-state index is 8.99. The number of halogens is 13. The first-order valence-electron chi connectivity index (χ1n) is 28.2. The third-order valence-corrected chi connectivity index (χ3v) is 22.0. The van der Waals surface area contributed by atoms with Gasteiger partial charge in [-0.15, -0.1) is 51.0 Å². The molecular formula is C62H58BrCl12N13OS4. The summed E-state index contributed by atoms with van der Waals surface area (Å²) in [5.41, 5.74) is 7.70. The number of aromatic nitrogens is 12. The molecule has 0 spiro atoms. The molecular weight excluding hydrogens is 1580 g/mol. The highest BCUT2D eigenvalue weighted by atomic mass is 79.9. The Hall–Kier alpha value is -2.92. The van der Waals surface area contributed by atoms with E-state index in [-0.39, 0.29) is 30.3 Å². The van der Waals surface area contributed by atoms with Crippen LogP contribution in [0.5, 0.6) is 0 Å². The summed E-state index contributed by atoms with van der Waals surface area (Å²) in [6, 6.07) is 24.7. The highest BCUT2D eigenvalue weighted by Gasteiger charge is 2.20. The zero-order valence-electron chi connectivity index (χ0n) is 50.8. The lowest BCUT2D eigenvalue weighted by molar-refractivity contribution is 0.299. The van der Waals surface area contributed by atoms with Gasteiger partial charge in [-0.05, 0) is 167 Å². The van der Waals surface area contributed by atoms with Crippen LogP contribution in [-0.4, -0.2) is 78.5 Å². The molecule has 4 aromatic carbocycles. The minimum absolute atomic E-state index is 0.0551. The third kappa shape index (κ3) is 24.2. The fourth-order valence-corrected chi connectivity index (χ4v) is 16.0. The summed E-state index contributed by atoms with van der Waals surface area (Å²) in [5, 5.41) is 73.8. The SMILES string of the molecule is CC(C)c1cc(Sc2c(Cl)cc(CCBr)cc2Cl)nnc1Cl.CC(C)c1cc(Sc2c(Cl)cc(CCC#N)cc2Cl)nnc1Cl.CC(C)c1cc(Sc2c(Cl)cc(CCO)cc2Cl)nnc1Cl.CC(C)c1cc(Sc2c(Cl)cc(CCc3nn[nH]n3)cc2Cl)nnc1Cl. The fraction of sp³-hybridized carbons (Fsp3) is 0.323. The summed E-state index contributed by atoms with van der Waals surface area (Å²) in [7, 11) is 0. The van der Waals surface area contributed by atoms with E-state index >= 15 is 0 Å². The molecule has 93 heavy (non-hydrogen) atoms. The first-order chi connectivity index (χ1) is 44.2. The van der Waals surface area contributed by atoms with E-state index in [1.54, 1.807) is 12.1 Å². The quantitative estimate of drug-likeness (QED) is 0.0643. The van der Waals surface area contributed by atoms with Crippen molar-refractivity contribution in [2.24, 2.45) is 0 Å². The van der Waals surface area contributed by atoms with Crippen LogP contribution < -0.4 is 0 Å². The van der Waals surface area contributed by atoms with Crippen molar-refractivity contribution in [3.8, 4) is 6.07 Å². The van der Waals surface area contributed by atoms with Gasteiger partial charge in [-0.3, -0.25) is 0 Å². The molecule has 5 heterocycles. The highest BCUT2D eigenvalue weighted by Crippen LogP contribution is 2.44. The molecule has 0 saturated heterocycles. The van der Waals surface area contributed by atoms with Crippen molar-refractivity contribution >= 4 is 202 Å². The van der Waals surface area contributed by atoms with Gasteiger partial charge in [0, 0.05) is 24.8 Å². The molecule has 2 N–H and O–H groups in total. The van der Waals surface area contributed by atoms with Gasteiger partial charge >= 0.3 is 0 Å². The van der Waals surface area contributed by atoms with E-state index < -0.39 is 0 Å². The normalized spacial score (nSPS) is 11.2. The van der Waals surface area contributed by atoms with Crippen molar-refractivity contribution in [1.29, 1.82) is 5.26 Å². The smallest absolute Gasteiger partial charge is 0.174 e. The molecule has 0 amide bonds. The van der Waals surface area contributed by atoms with Crippen LogP contribution in [0.15, 0.2) is 112 Å². The summed E-state index contributed by atoms with van der Waals surface area (Å²) in [4.78, 5) is 2.97. The first-order valence-corrected chi connectivity index (χ1v) is 37.1. The molecule has 0 aliphatic carbocycles. The van der Waals surface area contributed by atoms with Gasteiger partial charge in [0.2, 0.25) is 0 Å². The molecule has 0 aliphatic rings. The van der Waals surface area contributed by atoms with Gasteiger partial charge < -0.3 is 5.11 Å². The number of nitrogens with one attached hydrogen (secondary N) is 1. The minimum Gasteiger partial charge on any atom is -0.396 e. The molecule has 0 radical (unpaired) electrons. The van der Waals surface area contributed by atoms with Crippen molar-refractivity contribution in [3.63, 3.8) is 0 Å². The van der Waals surface area contributed by atoms with Gasteiger partial charge in [0.05, 0.1) is 65.8 Å². The van der Waals surface area contributed by atoms with E-state index in [1.165, 1.54) is 47.0 Å². The monoisotopic (exact) mass is 1630 g/mol. The van der Waals surface area contributed by atoms with Crippen LogP contribution >= 0.6 is 202 Å². The van der Waals surface area contributed by atoms with Crippen LogP contribution in [-0.2, 0) is 32.1 Å². The first kappa shape index (κ1) is 79.1. The number of alkyl halides is 1. The Morgan fingerprint density at radius 2 is 0.677 bits per heavy atom. The molecule has 0 saturated carbocycles. The summed E-state index contributed by atoms with van der Waals surface area (Å²) in [6.45, 7) is 16.5. The van der Waals surface area contributed by atoms with E-state index in [2.05, 4.69) is 111 Å². The number of benzene rings is 4. The van der Waals surface area contributed by atoms with Crippen molar-refractivity contribution in [3.05, 3.63) is 184 Å². The Morgan fingerprint density at radius 1 is 0.398 bits per heavy atom. The average molecular weight is 1630 g/mol. The number of aliphatic hydroxyl groups excluding tert-OH is 1. The second-order valence-electron chi connectivity index (χ2n) is 21.2. The Labute approximate surface area is 626 Å². The largest absolute Gasteiger partial charge is 0.396 e. The molecule has 9 rings (SSSR count). The summed E-state index contributed by atoms with van der Waals surface area (Å²) in [5.74, 6) is 1.66. The van der Waals surface area contributed by atoms with E-state index in [4.69, 9.17) is 150 Å². The van der Waals surface area contributed by atoms with E-state index in [1.807, 2.05) is 88.4 Å². The molecule has 0 bridgehead atoms. The number of H-pyrrole nitrogens is 1. The Morgan fingerprint density at radius 3 is 0.925 bits per heavy atom. The predicted molar refractivity (Wildman–Crippen MR) is 391 cm³/mol. The van der Waals surface area contributed by atoms with Gasteiger partial charge in [0.15, 0.2) is 26.4 Å². The van der Waals surface area contributed by atoms with Crippen molar-refractivity contribution in [1.82, 2.24) is 61.4 Å². The fourth-order valence-electron chi connectivity index (χ4n) is 8.13. The predicted octanol–water partition coefficient (Wildman–Crippen LogP) is 23.1. The number of aromatic amines is 1. The Kier molecular flexibility index (Phi) is 33.2. The van der Waals surface area contributed by atoms with Crippen LogP contribution in [0.4, 0.5) is 0 Å². The van der Waals surface area contributed by atoms with Gasteiger partial charge in [-0.25, -0.2) is 0 Å². The molecule has 0 atom stereocenters. The molecule has 0 unspecified atom stereocenters. The maximum atomic E-state index is 8.99. The molecule has 492 valence electrons. The van der Waals surface area contributed by atoms with E-state index in [0.29, 0.717) is 114 Å². The highest BCUT2D eigenvalue weighted by molar-refractivity contribution is 9.09. The zero-order valence-corrected chi connectivity index (χ0v) is 64.7. The Bertz CT molecular complexity index is 3830. The second kappa shape index (κ2) is 39.0. The van der Waals surface area contributed by atoms with Crippen molar-refractivity contribution in [2.45, 2.75) is 157 Å². The topological polar surface area (TPSA) is 202 Å². The number of aliphatic hydroxyl groups is 1. The summed E-state index contributed by atoms with van der Waals surface area (Å²) < 4.78 is 0. The lowest BCUT2D eigenvalue weighted by Crippen LogP contribution is -1.97. The number of nitrogens with zero attached hydrogens (tertiary/aromatic N) is 12. The maximum Gasteiger partial charge on any atom is 0.174 e. The minimum atomic E-state index is 0.0551. The number of nitriles is 1. The van der Waals surface area contributed by atoms with Crippen molar-refractivity contribution in [2.75, 3.05) is 11.9 Å². The molecule has 5 aromatic heterocycles. The van der Waals surface area contributed by atoms with E-state index in [0.717, 1.165) is 80.9 Å². The number of tetrazole rings is 1. The van der Waals surface area contributed by atoms with Crippen LogP contribution in [0.25, 0.3) is 0 Å². The lowest BCUT2D eigenvalue weighted by Gasteiger charge is -2.11. The number of hydrogen-bond donors (Lipinski definition) is 2. The van der Waals surface area contributed by atoms with Gasteiger partial charge in [-0.2, -0.15) is 10.5 Å². The molecule has 0 aliphatic heterocycles. The lowest BCUT2D eigenvalue weighted by atomic mass is 10.1. The second-order valence-corrected chi connectivity index (χ2v) is 30.8. The molecule has 31 heteroatoms. The molecule has 0 fully saturated rings. The average Bonchev–Trinajstić information content (AvgIpc) is 2.25. The van der Waals surface area contributed by atoms with Gasteiger partial charge in [0.25, 0.3) is 0 Å². The van der Waals surface area contributed by atoms with Crippen molar-refractivity contribution < 1.29 is 5.11 Å². The standard InChI is InChI=1S/C16H15Cl3N6S.C16H14Cl3N3S.C15H14BrCl3N2S.C15H15Cl3N2OS/c1-8(2)10-7-14(22-23-16(10)19)26-15-11(17)5-9(6-12(15)18)3-4-13-20-24-25-21-13;1-9(2)11-8-14(21-22-16(11)19)23-15-12(17)6-10(4-3-5-20)7-13(15)18;1-8(2)10-7-13(20-21-15(10)19)22-14-11(17)5-9(3-4-16)6-12(14)18;1-8(2)10-7-13(19-20-15(10)18)22-14-11(16)5-9(3-4-21)6-12(14)17/h5-8H,3-4H2,1-2H3,(H,20,21,24,25);6-9H,3-4H2,1-2H3;5-8H,3-4H2,1-2H3;5-8,21H,3-4H2,1-2H3. The summed E-state index contributed by atoms with van der Waals surface area (Å²) in [6.07, 6.45) is 3.81. The van der Waals surface area contributed by atoms with Crippen LogP contribution in [0.3, 0.4) is 0 Å². The molecule has 9 aromatic rings. The third-order valence-electron chi connectivity index (χ3n) is 12.9. The van der Waals surface area contributed by atoms with Gasteiger partial charge in [-0.1, -0.05) is 263 Å². The Balaban J connectivity index is 0.000000197. The number of rotatable bonds is 21. The van der Waals surface area contributed by atoms with Gasteiger partial charge in [0.1, 0.15) is 20.1 Å². The zero-order chi connectivity index (χ0) is 68.2. The number of hydrogen-bond acceptors (Lipinski definition) is 17. The van der Waals surface area contributed by atoms with E-state index in [9.17, 15) is 0 Å². The van der Waals surface area contributed by atoms with Crippen LogP contribution in [0.2, 0.25) is 60.8 Å². The van der Waals surface area contributed by atoms with Crippen LogP contribution in [0, 0.1) is 11.3 Å². The van der Waals surface area contributed by atoms with Crippen LogP contribution in [0.1, 0.15) is 136 Å². The summed E-state index contributed by atoms with van der Waals surface area (Å²) >= 11 is 84.1.